The monoisotopic (exact) mass is 383 g/mol. The highest BCUT2D eigenvalue weighted by Crippen LogP contribution is 2.23. The number of esters is 2. The van der Waals surface area contributed by atoms with E-state index >= 15 is 0 Å². The van der Waals surface area contributed by atoms with Crippen molar-refractivity contribution in [2.45, 2.75) is 46.6 Å². The standard InChI is InChI=1S/C22H25NO5/c1-4-27-22(26)19-10-14(2)23(15(19)3)12-21(25)28-13-20(24)18-9-8-16-6-5-7-17(16)11-18/h8-11H,4-7,12-13H2,1-3H3. The highest BCUT2D eigenvalue weighted by Gasteiger charge is 2.19. The third kappa shape index (κ3) is 4.16. The molecule has 1 aromatic carbocycles. The van der Waals surface area contributed by atoms with E-state index in [-0.39, 0.29) is 25.5 Å². The molecule has 0 radical (unpaired) electrons. The van der Waals surface area contributed by atoms with Crippen LogP contribution in [0.25, 0.3) is 0 Å². The van der Waals surface area contributed by atoms with Crippen LogP contribution in [0.1, 0.15) is 56.6 Å². The number of benzene rings is 1. The molecule has 1 heterocycles. The zero-order chi connectivity index (χ0) is 20.3. The summed E-state index contributed by atoms with van der Waals surface area (Å²) in [5.41, 5.74) is 4.90. The molecule has 6 nitrogen and oxygen atoms in total. The number of rotatable bonds is 7. The Kier molecular flexibility index (Phi) is 5.97. The van der Waals surface area contributed by atoms with Gasteiger partial charge < -0.3 is 14.0 Å². The number of hydrogen-bond acceptors (Lipinski definition) is 5. The summed E-state index contributed by atoms with van der Waals surface area (Å²) in [6.45, 7) is 5.24. The Labute approximate surface area is 164 Å². The Bertz CT molecular complexity index is 925. The fourth-order valence-electron chi connectivity index (χ4n) is 3.61. The molecule has 0 N–H and O–H groups in total. The van der Waals surface area contributed by atoms with E-state index in [0.29, 0.717) is 16.8 Å². The van der Waals surface area contributed by atoms with Gasteiger partial charge in [0, 0.05) is 17.0 Å². The quantitative estimate of drug-likeness (QED) is 0.542. The summed E-state index contributed by atoms with van der Waals surface area (Å²) in [4.78, 5) is 36.6. The molecule has 1 aromatic heterocycles. The molecule has 1 aliphatic carbocycles. The van der Waals surface area contributed by atoms with Gasteiger partial charge in [0.15, 0.2) is 12.4 Å². The largest absolute Gasteiger partial charge is 0.462 e. The molecule has 0 saturated carbocycles. The molecule has 0 unspecified atom stereocenters. The van der Waals surface area contributed by atoms with Crippen molar-refractivity contribution >= 4 is 17.7 Å². The number of aromatic nitrogens is 1. The van der Waals surface area contributed by atoms with Crippen molar-refractivity contribution in [2.24, 2.45) is 0 Å². The Morgan fingerprint density at radius 2 is 1.79 bits per heavy atom. The molecule has 0 bridgehead atoms. The summed E-state index contributed by atoms with van der Waals surface area (Å²) in [5.74, 6) is -1.15. The van der Waals surface area contributed by atoms with E-state index in [9.17, 15) is 14.4 Å². The van der Waals surface area contributed by atoms with Crippen LogP contribution in [-0.4, -0.2) is 35.5 Å². The SMILES string of the molecule is CCOC(=O)c1cc(C)n(CC(=O)OCC(=O)c2ccc3c(c2)CCC3)c1C. The normalized spacial score (nSPS) is 12.5. The van der Waals surface area contributed by atoms with Crippen LogP contribution in [0.4, 0.5) is 0 Å². The number of Topliss-reactive ketones (excluding diaryl/α,β-unsaturated/α-hetero) is 1. The van der Waals surface area contributed by atoms with Gasteiger partial charge in [0.1, 0.15) is 6.54 Å². The first kappa shape index (κ1) is 19.9. The molecule has 0 aliphatic heterocycles. The van der Waals surface area contributed by atoms with Gasteiger partial charge >= 0.3 is 11.9 Å². The lowest BCUT2D eigenvalue weighted by Crippen LogP contribution is -2.20. The number of aryl methyl sites for hydroxylation is 3. The highest BCUT2D eigenvalue weighted by molar-refractivity contribution is 5.98. The molecule has 3 rings (SSSR count). The van der Waals surface area contributed by atoms with Crippen LogP contribution in [0.3, 0.4) is 0 Å². The molecule has 0 fully saturated rings. The Balaban J connectivity index is 1.60. The topological polar surface area (TPSA) is 74.6 Å². The van der Waals surface area contributed by atoms with Gasteiger partial charge in [-0.1, -0.05) is 12.1 Å². The van der Waals surface area contributed by atoms with Crippen LogP contribution in [-0.2, 0) is 33.7 Å². The molecule has 0 spiro atoms. The summed E-state index contributed by atoms with van der Waals surface area (Å²) in [5, 5.41) is 0. The van der Waals surface area contributed by atoms with Gasteiger partial charge in [-0.15, -0.1) is 0 Å². The van der Waals surface area contributed by atoms with Crippen LogP contribution in [0.15, 0.2) is 24.3 Å². The first-order valence-corrected chi connectivity index (χ1v) is 9.55. The minimum Gasteiger partial charge on any atom is -0.462 e. The lowest BCUT2D eigenvalue weighted by molar-refractivity contribution is -0.143. The Morgan fingerprint density at radius 3 is 2.54 bits per heavy atom. The van der Waals surface area contributed by atoms with Crippen molar-refractivity contribution in [3.05, 3.63) is 57.9 Å². The lowest BCUT2D eigenvalue weighted by atomic mass is 10.0. The van der Waals surface area contributed by atoms with Crippen LogP contribution >= 0.6 is 0 Å². The Morgan fingerprint density at radius 1 is 1.04 bits per heavy atom. The maximum absolute atomic E-state index is 12.4. The number of carbonyl (C=O) groups excluding carboxylic acids is 3. The molecular formula is C22H25NO5. The third-order valence-electron chi connectivity index (χ3n) is 5.14. The fourth-order valence-corrected chi connectivity index (χ4v) is 3.61. The molecule has 0 amide bonds. The zero-order valence-electron chi connectivity index (χ0n) is 16.5. The fraction of sp³-hybridized carbons (Fsp3) is 0.409. The summed E-state index contributed by atoms with van der Waals surface area (Å²) in [7, 11) is 0. The molecule has 0 atom stereocenters. The van der Waals surface area contributed by atoms with Crippen molar-refractivity contribution in [3.8, 4) is 0 Å². The predicted octanol–water partition coefficient (Wildman–Crippen LogP) is 3.20. The van der Waals surface area contributed by atoms with E-state index in [1.54, 1.807) is 37.5 Å². The number of fused-ring (bicyclic) bond motifs is 1. The van der Waals surface area contributed by atoms with Gasteiger partial charge in [-0.25, -0.2) is 4.79 Å². The average Bonchev–Trinajstić information content (AvgIpc) is 3.25. The van der Waals surface area contributed by atoms with E-state index < -0.39 is 11.9 Å². The summed E-state index contributed by atoms with van der Waals surface area (Å²) in [6, 6.07) is 7.38. The second-order valence-electron chi connectivity index (χ2n) is 7.01. The van der Waals surface area contributed by atoms with Crippen molar-refractivity contribution in [3.63, 3.8) is 0 Å². The second-order valence-corrected chi connectivity index (χ2v) is 7.01. The minimum atomic E-state index is -0.522. The van der Waals surface area contributed by atoms with Crippen LogP contribution < -0.4 is 0 Å². The maximum atomic E-state index is 12.4. The first-order valence-electron chi connectivity index (χ1n) is 9.55. The van der Waals surface area contributed by atoms with E-state index in [1.807, 2.05) is 12.1 Å². The molecule has 2 aromatic rings. The average molecular weight is 383 g/mol. The van der Waals surface area contributed by atoms with Gasteiger partial charge in [-0.05, 0) is 63.3 Å². The van der Waals surface area contributed by atoms with E-state index in [1.165, 1.54) is 11.1 Å². The summed E-state index contributed by atoms with van der Waals surface area (Å²) in [6.07, 6.45) is 3.17. The molecule has 6 heteroatoms. The van der Waals surface area contributed by atoms with Gasteiger partial charge in [0.05, 0.1) is 12.2 Å². The van der Waals surface area contributed by atoms with Gasteiger partial charge in [-0.3, -0.25) is 9.59 Å². The molecule has 148 valence electrons. The number of carbonyl (C=O) groups is 3. The van der Waals surface area contributed by atoms with Crippen LogP contribution in [0.2, 0.25) is 0 Å². The van der Waals surface area contributed by atoms with E-state index in [4.69, 9.17) is 9.47 Å². The zero-order valence-corrected chi connectivity index (χ0v) is 16.5. The summed E-state index contributed by atoms with van der Waals surface area (Å²) < 4.78 is 11.9. The van der Waals surface area contributed by atoms with Gasteiger partial charge in [-0.2, -0.15) is 0 Å². The third-order valence-corrected chi connectivity index (χ3v) is 5.14. The highest BCUT2D eigenvalue weighted by atomic mass is 16.5. The van der Waals surface area contributed by atoms with Crippen molar-refractivity contribution in [1.29, 1.82) is 0 Å². The smallest absolute Gasteiger partial charge is 0.339 e. The number of nitrogens with zero attached hydrogens (tertiary/aromatic N) is 1. The van der Waals surface area contributed by atoms with E-state index in [2.05, 4.69) is 0 Å². The van der Waals surface area contributed by atoms with Crippen molar-refractivity contribution < 1.29 is 23.9 Å². The Hall–Kier alpha value is -2.89. The van der Waals surface area contributed by atoms with E-state index in [0.717, 1.165) is 25.0 Å². The second kappa shape index (κ2) is 8.42. The number of ether oxygens (including phenoxy) is 2. The predicted molar refractivity (Wildman–Crippen MR) is 104 cm³/mol. The number of ketones is 1. The minimum absolute atomic E-state index is 0.0610. The van der Waals surface area contributed by atoms with Gasteiger partial charge in [0.2, 0.25) is 0 Å². The van der Waals surface area contributed by atoms with Crippen molar-refractivity contribution in [1.82, 2.24) is 4.57 Å². The van der Waals surface area contributed by atoms with Crippen LogP contribution in [0.5, 0.6) is 0 Å². The lowest BCUT2D eigenvalue weighted by Gasteiger charge is -2.10. The number of hydrogen-bond donors (Lipinski definition) is 0. The molecule has 0 saturated heterocycles. The van der Waals surface area contributed by atoms with Crippen molar-refractivity contribution in [2.75, 3.05) is 13.2 Å². The summed E-state index contributed by atoms with van der Waals surface area (Å²) >= 11 is 0. The molecular weight excluding hydrogens is 358 g/mol. The first-order chi connectivity index (χ1) is 13.4. The molecule has 28 heavy (non-hydrogen) atoms. The van der Waals surface area contributed by atoms with Gasteiger partial charge in [0.25, 0.3) is 0 Å². The van der Waals surface area contributed by atoms with Crippen LogP contribution in [0, 0.1) is 13.8 Å². The molecule has 1 aliphatic rings. The maximum Gasteiger partial charge on any atom is 0.339 e.